The summed E-state index contributed by atoms with van der Waals surface area (Å²) < 4.78 is 5.40. The van der Waals surface area contributed by atoms with Gasteiger partial charge in [-0.3, -0.25) is 0 Å². The van der Waals surface area contributed by atoms with Gasteiger partial charge in [0.1, 0.15) is 0 Å². The lowest BCUT2D eigenvalue weighted by Crippen LogP contribution is -2.36. The van der Waals surface area contributed by atoms with E-state index in [0.29, 0.717) is 0 Å². The second-order valence-corrected chi connectivity index (χ2v) is 5.35. The van der Waals surface area contributed by atoms with E-state index in [1.165, 1.54) is 32.2 Å². The van der Waals surface area contributed by atoms with Gasteiger partial charge in [-0.25, -0.2) is 0 Å². The zero-order valence-electron chi connectivity index (χ0n) is 10.2. The highest BCUT2D eigenvalue weighted by Crippen LogP contribution is 2.33. The lowest BCUT2D eigenvalue weighted by Gasteiger charge is -2.22. The van der Waals surface area contributed by atoms with Gasteiger partial charge in [0, 0.05) is 19.2 Å². The molecule has 0 bridgehead atoms. The summed E-state index contributed by atoms with van der Waals surface area (Å²) in [6.45, 7) is 7.87. The smallest absolute Gasteiger partial charge is 0.0507 e. The predicted octanol–water partition coefficient (Wildman–Crippen LogP) is 2.44. The zero-order valence-corrected chi connectivity index (χ0v) is 10.2. The maximum atomic E-state index is 5.40. The van der Waals surface area contributed by atoms with Crippen LogP contribution >= 0.6 is 0 Å². The van der Waals surface area contributed by atoms with Crippen LogP contribution in [0.3, 0.4) is 0 Å². The van der Waals surface area contributed by atoms with Gasteiger partial charge in [0.2, 0.25) is 0 Å². The lowest BCUT2D eigenvalue weighted by atomic mass is 9.93. The van der Waals surface area contributed by atoms with Gasteiger partial charge < -0.3 is 10.1 Å². The van der Waals surface area contributed by atoms with Gasteiger partial charge in [-0.1, -0.05) is 20.3 Å². The van der Waals surface area contributed by atoms with E-state index in [9.17, 15) is 0 Å². The average Bonchev–Trinajstić information content (AvgIpc) is 2.85. The van der Waals surface area contributed by atoms with Crippen LogP contribution in [0.2, 0.25) is 0 Å². The van der Waals surface area contributed by atoms with E-state index in [1.54, 1.807) is 0 Å². The predicted molar refractivity (Wildman–Crippen MR) is 62.9 cm³/mol. The second-order valence-electron chi connectivity index (χ2n) is 5.35. The molecule has 1 saturated carbocycles. The maximum absolute atomic E-state index is 5.40. The van der Waals surface area contributed by atoms with Gasteiger partial charge in [0.05, 0.1) is 6.61 Å². The lowest BCUT2D eigenvalue weighted by molar-refractivity contribution is 0.183. The molecule has 1 saturated heterocycles. The average molecular weight is 211 g/mol. The van der Waals surface area contributed by atoms with E-state index in [4.69, 9.17) is 4.74 Å². The Kier molecular flexibility index (Phi) is 4.04. The fraction of sp³-hybridized carbons (Fsp3) is 1.00. The highest BCUT2D eigenvalue weighted by Gasteiger charge is 2.31. The molecule has 2 fully saturated rings. The van der Waals surface area contributed by atoms with Gasteiger partial charge >= 0.3 is 0 Å². The van der Waals surface area contributed by atoms with Crippen molar-refractivity contribution in [1.29, 1.82) is 0 Å². The van der Waals surface area contributed by atoms with Crippen LogP contribution in [-0.2, 0) is 4.74 Å². The topological polar surface area (TPSA) is 21.3 Å². The molecule has 1 aliphatic heterocycles. The first-order valence-corrected chi connectivity index (χ1v) is 6.62. The van der Waals surface area contributed by atoms with Crippen molar-refractivity contribution in [2.24, 2.45) is 17.8 Å². The first kappa shape index (κ1) is 11.4. The third kappa shape index (κ3) is 2.73. The molecule has 2 nitrogen and oxygen atoms in total. The van der Waals surface area contributed by atoms with Gasteiger partial charge in [-0.05, 0) is 37.0 Å². The van der Waals surface area contributed by atoms with E-state index in [-0.39, 0.29) is 0 Å². The minimum atomic E-state index is 0.774. The first-order valence-electron chi connectivity index (χ1n) is 6.62. The molecule has 2 rings (SSSR count). The number of hydrogen-bond acceptors (Lipinski definition) is 2. The molecule has 0 spiro atoms. The molecule has 2 aliphatic rings. The van der Waals surface area contributed by atoms with E-state index >= 15 is 0 Å². The molecule has 0 aromatic carbocycles. The molecular weight excluding hydrogens is 186 g/mol. The zero-order chi connectivity index (χ0) is 10.7. The number of rotatable bonds is 4. The van der Waals surface area contributed by atoms with Crippen LogP contribution in [0.15, 0.2) is 0 Å². The van der Waals surface area contributed by atoms with Crippen molar-refractivity contribution < 1.29 is 4.74 Å². The van der Waals surface area contributed by atoms with Crippen molar-refractivity contribution in [2.75, 3.05) is 19.8 Å². The molecule has 0 amide bonds. The van der Waals surface area contributed by atoms with Crippen molar-refractivity contribution >= 4 is 0 Å². The number of nitrogens with one attached hydrogen (secondary N) is 1. The number of ether oxygens (including phenoxy) is 1. The SMILES string of the molecule is CCC1CCC(NCC2CCOC2)C1C. The third-order valence-electron chi connectivity index (χ3n) is 4.44. The van der Waals surface area contributed by atoms with Gasteiger partial charge in [0.25, 0.3) is 0 Å². The van der Waals surface area contributed by atoms with Crippen LogP contribution in [0, 0.1) is 17.8 Å². The van der Waals surface area contributed by atoms with Crippen LogP contribution in [-0.4, -0.2) is 25.8 Å². The van der Waals surface area contributed by atoms with E-state index in [2.05, 4.69) is 19.2 Å². The molecular formula is C13H25NO. The van der Waals surface area contributed by atoms with Crippen LogP contribution in [0.1, 0.15) is 39.5 Å². The highest BCUT2D eigenvalue weighted by molar-refractivity contribution is 4.87. The third-order valence-corrected chi connectivity index (χ3v) is 4.44. The van der Waals surface area contributed by atoms with Crippen molar-refractivity contribution in [2.45, 2.75) is 45.6 Å². The molecule has 1 heterocycles. The maximum Gasteiger partial charge on any atom is 0.0507 e. The molecule has 15 heavy (non-hydrogen) atoms. The van der Waals surface area contributed by atoms with Crippen LogP contribution in [0.25, 0.3) is 0 Å². The van der Waals surface area contributed by atoms with Crippen LogP contribution < -0.4 is 5.32 Å². The summed E-state index contributed by atoms with van der Waals surface area (Å²) in [5.74, 6) is 2.61. The van der Waals surface area contributed by atoms with E-state index in [0.717, 1.165) is 37.0 Å². The first-order chi connectivity index (χ1) is 7.31. The Labute approximate surface area is 93.8 Å². The Morgan fingerprint density at radius 1 is 1.27 bits per heavy atom. The molecule has 1 aliphatic carbocycles. The van der Waals surface area contributed by atoms with E-state index in [1.807, 2.05) is 0 Å². The minimum absolute atomic E-state index is 0.774. The number of hydrogen-bond donors (Lipinski definition) is 1. The van der Waals surface area contributed by atoms with Crippen molar-refractivity contribution in [3.63, 3.8) is 0 Å². The molecule has 0 radical (unpaired) electrons. The highest BCUT2D eigenvalue weighted by atomic mass is 16.5. The Morgan fingerprint density at radius 3 is 2.73 bits per heavy atom. The summed E-state index contributed by atoms with van der Waals surface area (Å²) in [7, 11) is 0. The van der Waals surface area contributed by atoms with E-state index < -0.39 is 0 Å². The van der Waals surface area contributed by atoms with Gasteiger partial charge in [0.15, 0.2) is 0 Å². The molecule has 2 heteroatoms. The quantitative estimate of drug-likeness (QED) is 0.771. The van der Waals surface area contributed by atoms with Crippen molar-refractivity contribution in [3.05, 3.63) is 0 Å². The Balaban J connectivity index is 1.70. The Hall–Kier alpha value is -0.0800. The fourth-order valence-electron chi connectivity index (χ4n) is 3.17. The van der Waals surface area contributed by atoms with Gasteiger partial charge in [-0.2, -0.15) is 0 Å². The molecule has 88 valence electrons. The summed E-state index contributed by atoms with van der Waals surface area (Å²) in [6, 6.07) is 0.774. The fourth-order valence-corrected chi connectivity index (χ4v) is 3.17. The molecule has 1 N–H and O–H groups in total. The molecule has 0 aromatic heterocycles. The molecule has 4 unspecified atom stereocenters. The molecule has 4 atom stereocenters. The van der Waals surface area contributed by atoms with Crippen LogP contribution in [0.5, 0.6) is 0 Å². The van der Waals surface area contributed by atoms with Crippen molar-refractivity contribution in [1.82, 2.24) is 5.32 Å². The Bertz CT molecular complexity index is 189. The largest absolute Gasteiger partial charge is 0.381 e. The summed E-state index contributed by atoms with van der Waals surface area (Å²) in [5.41, 5.74) is 0. The minimum Gasteiger partial charge on any atom is -0.381 e. The van der Waals surface area contributed by atoms with Gasteiger partial charge in [-0.15, -0.1) is 0 Å². The van der Waals surface area contributed by atoms with Crippen molar-refractivity contribution in [3.8, 4) is 0 Å². The Morgan fingerprint density at radius 2 is 2.13 bits per heavy atom. The second kappa shape index (κ2) is 5.31. The standard InChI is InChI=1S/C13H25NO/c1-3-12-4-5-13(10(12)2)14-8-11-6-7-15-9-11/h10-14H,3-9H2,1-2H3. The summed E-state index contributed by atoms with van der Waals surface area (Å²) in [4.78, 5) is 0. The summed E-state index contributed by atoms with van der Waals surface area (Å²) >= 11 is 0. The molecule has 0 aromatic rings. The normalized spacial score (nSPS) is 41.2. The van der Waals surface area contributed by atoms with Crippen LogP contribution in [0.4, 0.5) is 0 Å². The summed E-state index contributed by atoms with van der Waals surface area (Å²) in [5, 5.41) is 3.76. The monoisotopic (exact) mass is 211 g/mol. The summed E-state index contributed by atoms with van der Waals surface area (Å²) in [6.07, 6.45) is 5.42.